The standard InChI is InChI=1S/C20H24FN3O4/c21-15-3-1-2-4-17(15)28-20(19(25)26)8-11-24(12-9-20)13-14-5-6-18(27-14)16-7-10-22-23-16/h1-6,16,22-23H,7-13H2,(H,25,26). The normalized spacial score (nSPS) is 22.2. The van der Waals surface area contributed by atoms with E-state index < -0.39 is 17.4 Å². The lowest BCUT2D eigenvalue weighted by Crippen LogP contribution is -2.53. The van der Waals surface area contributed by atoms with E-state index in [1.807, 2.05) is 12.1 Å². The molecule has 0 bridgehead atoms. The van der Waals surface area contributed by atoms with Crippen LogP contribution in [0.5, 0.6) is 5.75 Å². The number of hydrogen-bond acceptors (Lipinski definition) is 6. The molecule has 3 heterocycles. The van der Waals surface area contributed by atoms with Gasteiger partial charge in [0.2, 0.25) is 5.60 Å². The summed E-state index contributed by atoms with van der Waals surface area (Å²) in [7, 11) is 0. The van der Waals surface area contributed by atoms with E-state index in [-0.39, 0.29) is 24.6 Å². The number of para-hydroxylation sites is 1. The van der Waals surface area contributed by atoms with Crippen LogP contribution in [0, 0.1) is 5.82 Å². The largest absolute Gasteiger partial charge is 0.478 e. The smallest absolute Gasteiger partial charge is 0.348 e. The number of halogens is 1. The van der Waals surface area contributed by atoms with Crippen molar-refractivity contribution in [1.82, 2.24) is 15.8 Å². The Morgan fingerprint density at radius 3 is 2.75 bits per heavy atom. The van der Waals surface area contributed by atoms with Crippen molar-refractivity contribution in [1.29, 1.82) is 0 Å². The van der Waals surface area contributed by atoms with Crippen LogP contribution in [-0.2, 0) is 11.3 Å². The van der Waals surface area contributed by atoms with E-state index in [2.05, 4.69) is 15.8 Å². The number of hydrazine groups is 1. The van der Waals surface area contributed by atoms with Crippen molar-refractivity contribution in [2.45, 2.75) is 37.5 Å². The van der Waals surface area contributed by atoms with Gasteiger partial charge in [0.05, 0.1) is 12.6 Å². The van der Waals surface area contributed by atoms with Gasteiger partial charge in [-0.2, -0.15) is 0 Å². The van der Waals surface area contributed by atoms with Gasteiger partial charge in [0, 0.05) is 32.5 Å². The van der Waals surface area contributed by atoms with Crippen molar-refractivity contribution in [3.05, 3.63) is 53.7 Å². The molecular weight excluding hydrogens is 365 g/mol. The lowest BCUT2D eigenvalue weighted by atomic mass is 9.91. The summed E-state index contributed by atoms with van der Waals surface area (Å²) in [5, 5.41) is 9.74. The van der Waals surface area contributed by atoms with Crippen LogP contribution in [0.25, 0.3) is 0 Å². The molecule has 0 amide bonds. The van der Waals surface area contributed by atoms with Crippen molar-refractivity contribution in [3.8, 4) is 5.75 Å². The molecule has 1 atom stereocenters. The van der Waals surface area contributed by atoms with Crippen LogP contribution in [0.3, 0.4) is 0 Å². The number of nitrogens with one attached hydrogen (secondary N) is 2. The number of piperidine rings is 1. The molecule has 0 saturated carbocycles. The van der Waals surface area contributed by atoms with Gasteiger partial charge in [0.25, 0.3) is 0 Å². The maximum atomic E-state index is 13.9. The molecule has 4 rings (SSSR count). The highest BCUT2D eigenvalue weighted by Gasteiger charge is 2.44. The number of carbonyl (C=O) groups is 1. The minimum absolute atomic E-state index is 0.0216. The van der Waals surface area contributed by atoms with Crippen LogP contribution in [0.2, 0.25) is 0 Å². The molecule has 7 nitrogen and oxygen atoms in total. The van der Waals surface area contributed by atoms with Crippen LogP contribution in [0.15, 0.2) is 40.8 Å². The second-order valence-corrected chi connectivity index (χ2v) is 7.32. The Hall–Kier alpha value is -2.42. The van der Waals surface area contributed by atoms with Gasteiger partial charge in [-0.05, 0) is 30.7 Å². The zero-order valence-electron chi connectivity index (χ0n) is 15.5. The minimum atomic E-state index is -1.41. The number of benzene rings is 1. The molecule has 150 valence electrons. The van der Waals surface area contributed by atoms with E-state index >= 15 is 0 Å². The monoisotopic (exact) mass is 389 g/mol. The molecule has 8 heteroatoms. The van der Waals surface area contributed by atoms with Crippen molar-refractivity contribution in [2.75, 3.05) is 19.6 Å². The quantitative estimate of drug-likeness (QED) is 0.700. The third-order valence-corrected chi connectivity index (χ3v) is 5.44. The van der Waals surface area contributed by atoms with Crippen LogP contribution in [0.4, 0.5) is 4.39 Å². The first-order chi connectivity index (χ1) is 13.6. The second kappa shape index (κ2) is 7.90. The maximum Gasteiger partial charge on any atom is 0.348 e. The first-order valence-corrected chi connectivity index (χ1v) is 9.52. The summed E-state index contributed by atoms with van der Waals surface area (Å²) < 4.78 is 25.5. The van der Waals surface area contributed by atoms with Crippen molar-refractivity contribution >= 4 is 5.97 Å². The lowest BCUT2D eigenvalue weighted by Gasteiger charge is -2.38. The number of likely N-dealkylation sites (tertiary alicyclic amines) is 1. The molecule has 0 aliphatic carbocycles. The van der Waals surface area contributed by atoms with Crippen molar-refractivity contribution < 1.29 is 23.4 Å². The summed E-state index contributed by atoms with van der Waals surface area (Å²) in [6, 6.07) is 10.0. The Bertz CT molecular complexity index is 826. The molecule has 0 spiro atoms. The number of nitrogens with zero attached hydrogens (tertiary/aromatic N) is 1. The summed E-state index contributed by atoms with van der Waals surface area (Å²) in [5.41, 5.74) is 4.85. The first-order valence-electron chi connectivity index (χ1n) is 9.52. The molecular formula is C20H24FN3O4. The summed E-state index contributed by atoms with van der Waals surface area (Å²) in [5.74, 6) is 0.118. The average molecular weight is 389 g/mol. The molecule has 2 aromatic rings. The van der Waals surface area contributed by atoms with Crippen molar-refractivity contribution in [2.24, 2.45) is 0 Å². The van der Waals surface area contributed by atoms with Crippen LogP contribution in [-0.4, -0.2) is 41.2 Å². The number of hydrogen-bond donors (Lipinski definition) is 3. The lowest BCUT2D eigenvalue weighted by molar-refractivity contribution is -0.160. The number of rotatable bonds is 6. The Kier molecular flexibility index (Phi) is 5.34. The Labute approximate surface area is 162 Å². The molecule has 2 saturated heterocycles. The Morgan fingerprint density at radius 1 is 1.29 bits per heavy atom. The van der Waals surface area contributed by atoms with Gasteiger partial charge in [-0.1, -0.05) is 12.1 Å². The minimum Gasteiger partial charge on any atom is -0.478 e. The van der Waals surface area contributed by atoms with Gasteiger partial charge in [-0.3, -0.25) is 10.3 Å². The zero-order chi connectivity index (χ0) is 19.6. The molecule has 0 radical (unpaired) electrons. The van der Waals surface area contributed by atoms with E-state index in [4.69, 9.17) is 9.15 Å². The molecule has 2 aliphatic heterocycles. The first kappa shape index (κ1) is 18.9. The van der Waals surface area contributed by atoms with Gasteiger partial charge >= 0.3 is 5.97 Å². The van der Waals surface area contributed by atoms with E-state index in [0.29, 0.717) is 19.6 Å². The fraction of sp³-hybridized carbons (Fsp3) is 0.450. The molecule has 3 N–H and O–H groups in total. The van der Waals surface area contributed by atoms with Crippen molar-refractivity contribution in [3.63, 3.8) is 0 Å². The molecule has 2 fully saturated rings. The summed E-state index contributed by atoms with van der Waals surface area (Å²) in [6.45, 7) is 2.57. The fourth-order valence-corrected chi connectivity index (χ4v) is 3.75. The van der Waals surface area contributed by atoms with Gasteiger partial charge < -0.3 is 14.3 Å². The highest BCUT2D eigenvalue weighted by atomic mass is 19.1. The van der Waals surface area contributed by atoms with Crippen LogP contribution >= 0.6 is 0 Å². The number of ether oxygens (including phenoxy) is 1. The fourth-order valence-electron chi connectivity index (χ4n) is 3.75. The topological polar surface area (TPSA) is 87.0 Å². The van der Waals surface area contributed by atoms with Crippen LogP contribution < -0.4 is 15.6 Å². The highest BCUT2D eigenvalue weighted by molar-refractivity contribution is 5.78. The third-order valence-electron chi connectivity index (χ3n) is 5.44. The van der Waals surface area contributed by atoms with E-state index in [9.17, 15) is 14.3 Å². The summed E-state index contributed by atoms with van der Waals surface area (Å²) >= 11 is 0. The number of furan rings is 1. The number of carboxylic acid groups (broad SMARTS) is 1. The highest BCUT2D eigenvalue weighted by Crippen LogP contribution is 2.31. The van der Waals surface area contributed by atoms with Gasteiger partial charge in [-0.25, -0.2) is 14.6 Å². The molecule has 1 aromatic carbocycles. The Morgan fingerprint density at radius 2 is 2.07 bits per heavy atom. The predicted molar refractivity (Wildman–Crippen MR) is 99.1 cm³/mol. The maximum absolute atomic E-state index is 13.9. The average Bonchev–Trinajstić information content (AvgIpc) is 3.37. The van der Waals surface area contributed by atoms with E-state index in [1.165, 1.54) is 12.1 Å². The number of carboxylic acids is 1. The van der Waals surface area contributed by atoms with E-state index in [0.717, 1.165) is 24.5 Å². The molecule has 1 aromatic heterocycles. The molecule has 2 aliphatic rings. The van der Waals surface area contributed by atoms with Gasteiger partial charge in [0.15, 0.2) is 11.6 Å². The summed E-state index contributed by atoms with van der Waals surface area (Å²) in [6.07, 6.45) is 1.53. The second-order valence-electron chi connectivity index (χ2n) is 7.32. The third kappa shape index (κ3) is 3.89. The number of aliphatic carboxylic acids is 1. The van der Waals surface area contributed by atoms with Crippen LogP contribution in [0.1, 0.15) is 36.8 Å². The van der Waals surface area contributed by atoms with Gasteiger partial charge in [-0.15, -0.1) is 0 Å². The molecule has 1 unspecified atom stereocenters. The predicted octanol–water partition coefficient (Wildman–Crippen LogP) is 2.46. The SMILES string of the molecule is O=C(O)C1(Oc2ccccc2F)CCN(Cc2ccc(C3CCNN3)o2)CC1. The zero-order valence-corrected chi connectivity index (χ0v) is 15.5. The Balaban J connectivity index is 1.38. The van der Waals surface area contributed by atoms with Gasteiger partial charge in [0.1, 0.15) is 11.5 Å². The summed E-state index contributed by atoms with van der Waals surface area (Å²) in [4.78, 5) is 14.0. The van der Waals surface area contributed by atoms with E-state index in [1.54, 1.807) is 12.1 Å². The molecule has 28 heavy (non-hydrogen) atoms.